The molecule has 1 aromatic carbocycles. The SMILES string of the molecule is CCO[C@H]1OC(C(=O)N2CCOCC2)=C[C@@H](c2ccccc2)[C@@H]1CCCO. The van der Waals surface area contributed by atoms with Crippen molar-refractivity contribution in [3.63, 3.8) is 0 Å². The molecule has 3 rings (SSSR count). The molecule has 0 aliphatic carbocycles. The third-order valence-electron chi connectivity index (χ3n) is 5.10. The second-order valence-electron chi connectivity index (χ2n) is 6.84. The second kappa shape index (κ2) is 9.88. The lowest BCUT2D eigenvalue weighted by atomic mass is 9.80. The van der Waals surface area contributed by atoms with Gasteiger partial charge in [-0.2, -0.15) is 0 Å². The van der Waals surface area contributed by atoms with Gasteiger partial charge in [0, 0.05) is 38.1 Å². The van der Waals surface area contributed by atoms with Crippen LogP contribution in [0.3, 0.4) is 0 Å². The fourth-order valence-corrected chi connectivity index (χ4v) is 3.73. The molecule has 6 heteroatoms. The Morgan fingerprint density at radius 2 is 2.00 bits per heavy atom. The standard InChI is InChI=1S/C21H29NO5/c1-2-26-21-17(9-6-12-23)18(16-7-4-3-5-8-16)15-19(27-21)20(24)22-10-13-25-14-11-22/h3-5,7-8,15,17-18,21,23H,2,6,9-14H2,1H3/t17-,18-,21-/m0/s1. The molecule has 1 aromatic rings. The zero-order valence-electron chi connectivity index (χ0n) is 15.9. The summed E-state index contributed by atoms with van der Waals surface area (Å²) in [7, 11) is 0. The average molecular weight is 375 g/mol. The van der Waals surface area contributed by atoms with E-state index in [1.807, 2.05) is 31.2 Å². The summed E-state index contributed by atoms with van der Waals surface area (Å²) in [5, 5.41) is 9.31. The maximum atomic E-state index is 13.0. The molecule has 0 aromatic heterocycles. The van der Waals surface area contributed by atoms with Gasteiger partial charge in [-0.3, -0.25) is 4.79 Å². The van der Waals surface area contributed by atoms with E-state index in [4.69, 9.17) is 14.2 Å². The van der Waals surface area contributed by atoms with Gasteiger partial charge in [0.25, 0.3) is 5.91 Å². The number of hydrogen-bond donors (Lipinski definition) is 1. The lowest BCUT2D eigenvalue weighted by Crippen LogP contribution is -2.44. The number of carbonyl (C=O) groups excluding carboxylic acids is 1. The monoisotopic (exact) mass is 375 g/mol. The van der Waals surface area contributed by atoms with Crippen LogP contribution in [0.1, 0.15) is 31.2 Å². The minimum atomic E-state index is -0.503. The number of ether oxygens (including phenoxy) is 3. The van der Waals surface area contributed by atoms with Gasteiger partial charge in [0.2, 0.25) is 6.29 Å². The number of benzene rings is 1. The minimum absolute atomic E-state index is 0.00282. The van der Waals surface area contributed by atoms with Gasteiger partial charge in [-0.15, -0.1) is 0 Å². The van der Waals surface area contributed by atoms with E-state index in [-0.39, 0.29) is 24.3 Å². The Bertz CT molecular complexity index is 627. The van der Waals surface area contributed by atoms with E-state index in [2.05, 4.69) is 12.1 Å². The summed E-state index contributed by atoms with van der Waals surface area (Å²) < 4.78 is 17.2. The zero-order valence-corrected chi connectivity index (χ0v) is 15.9. The van der Waals surface area contributed by atoms with Crippen molar-refractivity contribution < 1.29 is 24.1 Å². The Balaban J connectivity index is 1.90. The number of amides is 1. The summed E-state index contributed by atoms with van der Waals surface area (Å²) in [5.41, 5.74) is 1.13. The number of morpholine rings is 1. The Morgan fingerprint density at radius 3 is 2.67 bits per heavy atom. The van der Waals surface area contributed by atoms with E-state index in [0.29, 0.717) is 45.1 Å². The van der Waals surface area contributed by atoms with Crippen LogP contribution in [0, 0.1) is 5.92 Å². The molecule has 2 aliphatic heterocycles. The molecule has 0 saturated carbocycles. The van der Waals surface area contributed by atoms with Gasteiger partial charge in [0.05, 0.1) is 13.2 Å². The average Bonchev–Trinajstić information content (AvgIpc) is 2.73. The summed E-state index contributed by atoms with van der Waals surface area (Å²) in [4.78, 5) is 14.8. The maximum Gasteiger partial charge on any atom is 0.288 e. The zero-order chi connectivity index (χ0) is 19.1. The normalized spacial score (nSPS) is 25.6. The molecule has 148 valence electrons. The highest BCUT2D eigenvalue weighted by atomic mass is 16.7. The van der Waals surface area contributed by atoms with E-state index in [1.54, 1.807) is 4.90 Å². The van der Waals surface area contributed by atoms with Gasteiger partial charge in [-0.25, -0.2) is 0 Å². The van der Waals surface area contributed by atoms with Crippen molar-refractivity contribution in [2.45, 2.75) is 32.0 Å². The molecule has 1 amide bonds. The molecule has 0 unspecified atom stereocenters. The predicted octanol–water partition coefficient (Wildman–Crippen LogP) is 2.29. The van der Waals surface area contributed by atoms with E-state index in [9.17, 15) is 9.90 Å². The number of nitrogens with zero attached hydrogens (tertiary/aromatic N) is 1. The third kappa shape index (κ3) is 4.89. The molecule has 1 saturated heterocycles. The molecule has 1 fully saturated rings. The van der Waals surface area contributed by atoms with Crippen LogP contribution < -0.4 is 0 Å². The van der Waals surface area contributed by atoms with Crippen LogP contribution >= 0.6 is 0 Å². The van der Waals surface area contributed by atoms with Gasteiger partial charge < -0.3 is 24.2 Å². The highest BCUT2D eigenvalue weighted by molar-refractivity contribution is 5.92. The van der Waals surface area contributed by atoms with Crippen molar-refractivity contribution in [3.05, 3.63) is 47.7 Å². The summed E-state index contributed by atoms with van der Waals surface area (Å²) in [6.07, 6.45) is 2.86. The molecule has 0 spiro atoms. The second-order valence-corrected chi connectivity index (χ2v) is 6.84. The van der Waals surface area contributed by atoms with Gasteiger partial charge in [0.15, 0.2) is 5.76 Å². The summed E-state index contributed by atoms with van der Waals surface area (Å²) in [6.45, 7) is 4.79. The molecule has 2 aliphatic rings. The first kappa shape index (κ1) is 19.9. The Hall–Kier alpha value is -1.89. The molecule has 2 heterocycles. The van der Waals surface area contributed by atoms with Crippen LogP contribution in [-0.2, 0) is 19.0 Å². The van der Waals surface area contributed by atoms with Crippen molar-refractivity contribution in [2.24, 2.45) is 5.92 Å². The number of aliphatic hydroxyl groups excluding tert-OH is 1. The number of carbonyl (C=O) groups is 1. The molecule has 1 N–H and O–H groups in total. The Morgan fingerprint density at radius 1 is 1.26 bits per heavy atom. The maximum absolute atomic E-state index is 13.0. The van der Waals surface area contributed by atoms with Gasteiger partial charge in [-0.05, 0) is 31.4 Å². The lowest BCUT2D eigenvalue weighted by Gasteiger charge is -2.38. The van der Waals surface area contributed by atoms with Gasteiger partial charge >= 0.3 is 0 Å². The van der Waals surface area contributed by atoms with E-state index in [1.165, 1.54) is 0 Å². The van der Waals surface area contributed by atoms with Crippen molar-refractivity contribution in [2.75, 3.05) is 39.5 Å². The van der Waals surface area contributed by atoms with Crippen LogP contribution in [-0.4, -0.2) is 61.7 Å². The number of hydrogen-bond acceptors (Lipinski definition) is 5. The van der Waals surface area contributed by atoms with Crippen LogP contribution in [0.5, 0.6) is 0 Å². The third-order valence-corrected chi connectivity index (χ3v) is 5.10. The smallest absolute Gasteiger partial charge is 0.288 e. The van der Waals surface area contributed by atoms with E-state index in [0.717, 1.165) is 12.0 Å². The Labute approximate surface area is 160 Å². The van der Waals surface area contributed by atoms with Crippen molar-refractivity contribution in [1.82, 2.24) is 4.90 Å². The van der Waals surface area contributed by atoms with Crippen LogP contribution in [0.15, 0.2) is 42.2 Å². The first-order chi connectivity index (χ1) is 13.2. The summed E-state index contributed by atoms with van der Waals surface area (Å²) >= 11 is 0. The first-order valence-electron chi connectivity index (χ1n) is 9.77. The predicted molar refractivity (Wildman–Crippen MR) is 101 cm³/mol. The quantitative estimate of drug-likeness (QED) is 0.792. The van der Waals surface area contributed by atoms with Gasteiger partial charge in [-0.1, -0.05) is 30.3 Å². The van der Waals surface area contributed by atoms with E-state index < -0.39 is 6.29 Å². The highest BCUT2D eigenvalue weighted by Crippen LogP contribution is 2.39. The molecule has 27 heavy (non-hydrogen) atoms. The lowest BCUT2D eigenvalue weighted by molar-refractivity contribution is -0.171. The van der Waals surface area contributed by atoms with Crippen molar-refractivity contribution in [1.29, 1.82) is 0 Å². The van der Waals surface area contributed by atoms with Crippen molar-refractivity contribution in [3.8, 4) is 0 Å². The molecule has 6 nitrogen and oxygen atoms in total. The van der Waals surface area contributed by atoms with Crippen LogP contribution in [0.2, 0.25) is 0 Å². The summed E-state index contributed by atoms with van der Waals surface area (Å²) in [5.74, 6) is 0.290. The summed E-state index contributed by atoms with van der Waals surface area (Å²) in [6, 6.07) is 10.1. The molecular formula is C21H29NO5. The number of allylic oxidation sites excluding steroid dienone is 1. The Kier molecular flexibility index (Phi) is 7.26. The molecule has 0 bridgehead atoms. The first-order valence-corrected chi connectivity index (χ1v) is 9.77. The van der Waals surface area contributed by atoms with Crippen LogP contribution in [0.4, 0.5) is 0 Å². The highest BCUT2D eigenvalue weighted by Gasteiger charge is 2.38. The minimum Gasteiger partial charge on any atom is -0.459 e. The van der Waals surface area contributed by atoms with E-state index >= 15 is 0 Å². The molecular weight excluding hydrogens is 346 g/mol. The fourth-order valence-electron chi connectivity index (χ4n) is 3.73. The molecule has 3 atom stereocenters. The fraction of sp³-hybridized carbons (Fsp3) is 0.571. The van der Waals surface area contributed by atoms with Gasteiger partial charge in [0.1, 0.15) is 0 Å². The molecule has 0 radical (unpaired) electrons. The van der Waals surface area contributed by atoms with Crippen LogP contribution in [0.25, 0.3) is 0 Å². The number of aliphatic hydroxyl groups is 1. The largest absolute Gasteiger partial charge is 0.459 e. The number of rotatable bonds is 7. The topological polar surface area (TPSA) is 68.2 Å². The van der Waals surface area contributed by atoms with Crippen molar-refractivity contribution >= 4 is 5.91 Å².